The molecular formula is C12H20ClN5. The summed E-state index contributed by atoms with van der Waals surface area (Å²) in [6.45, 7) is 9.99. The van der Waals surface area contributed by atoms with E-state index in [9.17, 15) is 0 Å². The van der Waals surface area contributed by atoms with Crippen LogP contribution >= 0.6 is 11.6 Å². The maximum atomic E-state index is 6.04. The fourth-order valence-electron chi connectivity index (χ4n) is 2.60. The van der Waals surface area contributed by atoms with Gasteiger partial charge in [-0.1, -0.05) is 39.3 Å². The average Bonchev–Trinajstić information content (AvgIpc) is 2.69. The van der Waals surface area contributed by atoms with Crippen molar-refractivity contribution in [3.05, 3.63) is 11.2 Å². The van der Waals surface area contributed by atoms with E-state index in [4.69, 9.17) is 17.4 Å². The number of nitrogens with two attached hydrogens (primary N) is 1. The van der Waals surface area contributed by atoms with E-state index in [1.165, 1.54) is 6.20 Å². The lowest BCUT2D eigenvalue weighted by Gasteiger charge is -2.09. The van der Waals surface area contributed by atoms with Gasteiger partial charge in [-0.05, 0) is 16.7 Å². The summed E-state index contributed by atoms with van der Waals surface area (Å²) in [6, 6.07) is 0. The van der Waals surface area contributed by atoms with Crippen LogP contribution in [0.5, 0.6) is 0 Å². The Kier molecular flexibility index (Phi) is 3.15. The maximum Gasteiger partial charge on any atom is 0.239 e. The predicted octanol–water partition coefficient (Wildman–Crippen LogP) is 2.51. The van der Waals surface area contributed by atoms with Crippen molar-refractivity contribution in [2.75, 3.05) is 17.3 Å². The minimum atomic E-state index is 0.342. The molecule has 100 valence electrons. The number of nitrogen functional groups attached to an aromatic ring is 1. The lowest BCUT2D eigenvalue weighted by molar-refractivity contribution is 0.457. The molecule has 1 saturated carbocycles. The third-order valence-electron chi connectivity index (χ3n) is 4.67. The zero-order chi connectivity index (χ0) is 13.6. The molecule has 5 nitrogen and oxygen atoms in total. The molecule has 1 aromatic rings. The summed E-state index contributed by atoms with van der Waals surface area (Å²) in [4.78, 5) is 8.13. The molecule has 1 heterocycles. The van der Waals surface area contributed by atoms with Gasteiger partial charge >= 0.3 is 0 Å². The number of nitrogens with zero attached hydrogens (tertiary/aromatic N) is 2. The fraction of sp³-hybridized carbons (Fsp3) is 0.667. The van der Waals surface area contributed by atoms with E-state index >= 15 is 0 Å². The zero-order valence-corrected chi connectivity index (χ0v) is 12.0. The van der Waals surface area contributed by atoms with Crippen LogP contribution in [0.3, 0.4) is 0 Å². The number of hydrogen-bond acceptors (Lipinski definition) is 5. The molecule has 1 aliphatic rings. The second kappa shape index (κ2) is 4.24. The molecule has 0 spiro atoms. The fourth-order valence-corrected chi connectivity index (χ4v) is 2.76. The summed E-state index contributed by atoms with van der Waals surface area (Å²) in [5, 5.41) is 3.79. The van der Waals surface area contributed by atoms with E-state index in [0.29, 0.717) is 33.5 Å². The molecule has 6 heteroatoms. The van der Waals surface area contributed by atoms with Gasteiger partial charge < -0.3 is 5.32 Å². The van der Waals surface area contributed by atoms with Crippen molar-refractivity contribution >= 4 is 23.4 Å². The third kappa shape index (κ3) is 2.01. The molecular weight excluding hydrogens is 250 g/mol. The van der Waals surface area contributed by atoms with Gasteiger partial charge in [-0.3, -0.25) is 5.43 Å². The van der Waals surface area contributed by atoms with Crippen LogP contribution < -0.4 is 16.6 Å². The van der Waals surface area contributed by atoms with Gasteiger partial charge in [0.15, 0.2) is 5.82 Å². The minimum absolute atomic E-state index is 0.342. The first kappa shape index (κ1) is 13.4. The number of aromatic nitrogens is 2. The van der Waals surface area contributed by atoms with Gasteiger partial charge in [0, 0.05) is 6.54 Å². The highest BCUT2D eigenvalue weighted by molar-refractivity contribution is 6.32. The summed E-state index contributed by atoms with van der Waals surface area (Å²) in [5.41, 5.74) is 3.09. The van der Waals surface area contributed by atoms with Crippen LogP contribution in [0.25, 0.3) is 0 Å². The van der Waals surface area contributed by atoms with Crippen molar-refractivity contribution in [1.82, 2.24) is 9.97 Å². The molecule has 1 fully saturated rings. The van der Waals surface area contributed by atoms with E-state index in [1.807, 2.05) is 0 Å². The van der Waals surface area contributed by atoms with Crippen LogP contribution in [0.1, 0.15) is 27.7 Å². The highest BCUT2D eigenvalue weighted by Crippen LogP contribution is 2.68. The van der Waals surface area contributed by atoms with E-state index in [1.54, 1.807) is 0 Å². The van der Waals surface area contributed by atoms with Crippen molar-refractivity contribution in [3.63, 3.8) is 0 Å². The van der Waals surface area contributed by atoms with Gasteiger partial charge in [-0.15, -0.1) is 0 Å². The topological polar surface area (TPSA) is 75.9 Å². The molecule has 0 aliphatic heterocycles. The van der Waals surface area contributed by atoms with Crippen LogP contribution in [-0.2, 0) is 0 Å². The minimum Gasteiger partial charge on any atom is -0.368 e. The van der Waals surface area contributed by atoms with E-state index in [0.717, 1.165) is 6.54 Å². The highest BCUT2D eigenvalue weighted by Gasteiger charge is 2.64. The van der Waals surface area contributed by atoms with Crippen molar-refractivity contribution in [3.8, 4) is 0 Å². The number of halogens is 1. The van der Waals surface area contributed by atoms with Crippen molar-refractivity contribution < 1.29 is 0 Å². The number of anilines is 2. The van der Waals surface area contributed by atoms with E-state index in [-0.39, 0.29) is 0 Å². The summed E-state index contributed by atoms with van der Waals surface area (Å²) >= 11 is 6.04. The first-order chi connectivity index (χ1) is 8.30. The zero-order valence-electron chi connectivity index (χ0n) is 11.2. The molecule has 0 atom stereocenters. The molecule has 0 radical (unpaired) electrons. The Hall–Kier alpha value is -1.07. The van der Waals surface area contributed by atoms with Crippen LogP contribution in [0.4, 0.5) is 11.8 Å². The second-order valence-electron chi connectivity index (χ2n) is 5.91. The van der Waals surface area contributed by atoms with Crippen LogP contribution in [0, 0.1) is 16.7 Å². The Morgan fingerprint density at radius 3 is 2.44 bits per heavy atom. The van der Waals surface area contributed by atoms with Crippen LogP contribution in [0.15, 0.2) is 6.20 Å². The monoisotopic (exact) mass is 269 g/mol. The molecule has 0 unspecified atom stereocenters. The van der Waals surface area contributed by atoms with Crippen molar-refractivity contribution in [2.45, 2.75) is 27.7 Å². The Morgan fingerprint density at radius 2 is 1.94 bits per heavy atom. The summed E-state index contributed by atoms with van der Waals surface area (Å²) < 4.78 is 0. The first-order valence-corrected chi connectivity index (χ1v) is 6.41. The smallest absolute Gasteiger partial charge is 0.239 e. The highest BCUT2D eigenvalue weighted by atomic mass is 35.5. The molecule has 0 aromatic carbocycles. The number of hydrazine groups is 1. The van der Waals surface area contributed by atoms with Gasteiger partial charge in [0.25, 0.3) is 0 Å². The number of nitrogens with one attached hydrogen (secondary N) is 2. The molecule has 0 amide bonds. The molecule has 1 aliphatic carbocycles. The molecule has 18 heavy (non-hydrogen) atoms. The largest absolute Gasteiger partial charge is 0.368 e. The molecule has 4 N–H and O–H groups in total. The van der Waals surface area contributed by atoms with Crippen LogP contribution in [-0.4, -0.2) is 16.5 Å². The van der Waals surface area contributed by atoms with E-state index in [2.05, 4.69) is 48.4 Å². The maximum absolute atomic E-state index is 6.04. The Labute approximate surface area is 112 Å². The van der Waals surface area contributed by atoms with E-state index < -0.39 is 0 Å². The molecule has 1 aromatic heterocycles. The Morgan fingerprint density at radius 1 is 1.33 bits per heavy atom. The molecule has 2 rings (SSSR count). The number of rotatable bonds is 4. The van der Waals surface area contributed by atoms with Gasteiger partial charge in [0.05, 0.1) is 6.20 Å². The van der Waals surface area contributed by atoms with Crippen molar-refractivity contribution in [1.29, 1.82) is 0 Å². The Balaban J connectivity index is 2.04. The standard InChI is InChI=1S/C12H20ClN5/c1-11(2)8(12(11,3)4)6-15-9-7(13)5-16-10(17-9)18-14/h5,8H,6,14H2,1-4H3,(H2,15,16,17,18). The first-order valence-electron chi connectivity index (χ1n) is 6.03. The second-order valence-corrected chi connectivity index (χ2v) is 6.32. The SMILES string of the molecule is CC1(C)C(CNc2nc(NN)ncc2Cl)C1(C)C. The van der Waals surface area contributed by atoms with Gasteiger partial charge in [0.1, 0.15) is 5.02 Å². The summed E-state index contributed by atoms with van der Waals surface area (Å²) in [5.74, 6) is 6.86. The quantitative estimate of drug-likeness (QED) is 0.578. The Bertz CT molecular complexity index is 444. The summed E-state index contributed by atoms with van der Waals surface area (Å²) in [7, 11) is 0. The number of hydrogen-bond donors (Lipinski definition) is 3. The van der Waals surface area contributed by atoms with Crippen LogP contribution in [0.2, 0.25) is 5.02 Å². The van der Waals surface area contributed by atoms with Crippen molar-refractivity contribution in [2.24, 2.45) is 22.6 Å². The van der Waals surface area contributed by atoms with Gasteiger partial charge in [-0.2, -0.15) is 4.98 Å². The summed E-state index contributed by atoms with van der Waals surface area (Å²) in [6.07, 6.45) is 1.54. The third-order valence-corrected chi connectivity index (χ3v) is 4.94. The van der Waals surface area contributed by atoms with Gasteiger partial charge in [0.2, 0.25) is 5.95 Å². The average molecular weight is 270 g/mol. The lowest BCUT2D eigenvalue weighted by Crippen LogP contribution is -2.14. The van der Waals surface area contributed by atoms with Gasteiger partial charge in [-0.25, -0.2) is 10.8 Å². The normalized spacial score (nSPS) is 20.6. The molecule has 0 saturated heterocycles. The predicted molar refractivity (Wildman–Crippen MR) is 74.4 cm³/mol. The lowest BCUT2D eigenvalue weighted by atomic mass is 10.0. The molecule has 0 bridgehead atoms.